The molecule has 2 rings (SSSR count). The van der Waals surface area contributed by atoms with Crippen molar-refractivity contribution in [3.63, 3.8) is 0 Å². The average molecular weight is 281 g/mol. The number of aryl methyl sites for hydroxylation is 2. The molecule has 0 spiro atoms. The zero-order valence-corrected chi connectivity index (χ0v) is 11.7. The van der Waals surface area contributed by atoms with Gasteiger partial charge in [0, 0.05) is 14.1 Å². The number of benzene rings is 1. The molecule has 0 unspecified atom stereocenters. The molecule has 2 aromatic rings. The van der Waals surface area contributed by atoms with Crippen molar-refractivity contribution in [1.29, 1.82) is 0 Å². The summed E-state index contributed by atoms with van der Waals surface area (Å²) >= 11 is 0. The number of anilines is 1. The molecular weight excluding hydrogens is 266 g/mol. The average Bonchev–Trinajstić information content (AvgIpc) is 2.57. The zero-order chi connectivity index (χ0) is 14.2. The van der Waals surface area contributed by atoms with Crippen LogP contribution >= 0.6 is 0 Å². The highest BCUT2D eigenvalue weighted by Crippen LogP contribution is 2.15. The fourth-order valence-electron chi connectivity index (χ4n) is 1.67. The van der Waals surface area contributed by atoms with Gasteiger partial charge in [0.1, 0.15) is 5.82 Å². The lowest BCUT2D eigenvalue weighted by Crippen LogP contribution is -2.21. The molecule has 0 aliphatic rings. The van der Waals surface area contributed by atoms with Gasteiger partial charge in [-0.3, -0.25) is 9.29 Å². The van der Waals surface area contributed by atoms with E-state index in [4.69, 9.17) is 0 Å². The second-order valence-corrected chi connectivity index (χ2v) is 6.07. The molecule has 0 saturated carbocycles. The van der Waals surface area contributed by atoms with Crippen LogP contribution in [0.4, 0.5) is 5.82 Å². The highest BCUT2D eigenvalue weighted by molar-refractivity contribution is 7.92. The predicted molar refractivity (Wildman–Crippen MR) is 72.6 cm³/mol. The van der Waals surface area contributed by atoms with E-state index >= 15 is 0 Å². The summed E-state index contributed by atoms with van der Waals surface area (Å²) in [6.07, 6.45) is 1.44. The smallest absolute Gasteiger partial charge is 0.300 e. The van der Waals surface area contributed by atoms with Gasteiger partial charge in [0.25, 0.3) is 10.0 Å². The van der Waals surface area contributed by atoms with Crippen LogP contribution in [0.1, 0.15) is 5.56 Å². The first-order valence-electron chi connectivity index (χ1n) is 5.63. The van der Waals surface area contributed by atoms with Gasteiger partial charge in [-0.1, -0.05) is 17.7 Å². The molecule has 0 aliphatic carbocycles. The molecule has 0 atom stereocenters. The third-order valence-electron chi connectivity index (χ3n) is 2.84. The normalized spacial score (nSPS) is 11.5. The largest absolute Gasteiger partial charge is 0.329 e. The zero-order valence-electron chi connectivity index (χ0n) is 10.9. The predicted octanol–water partition coefficient (Wildman–Crippen LogP) is 0.833. The van der Waals surface area contributed by atoms with Crippen molar-refractivity contribution < 1.29 is 8.42 Å². The van der Waals surface area contributed by atoms with Crippen LogP contribution in [0.5, 0.6) is 0 Å². The van der Waals surface area contributed by atoms with Crippen molar-refractivity contribution in [3.05, 3.63) is 46.5 Å². The number of hydrogen-bond acceptors (Lipinski definition) is 3. The van der Waals surface area contributed by atoms with Gasteiger partial charge in [-0.05, 0) is 19.1 Å². The topological polar surface area (TPSA) is 73.1 Å². The quantitative estimate of drug-likeness (QED) is 0.905. The van der Waals surface area contributed by atoms with E-state index in [9.17, 15) is 13.2 Å². The minimum atomic E-state index is -3.68. The lowest BCUT2D eigenvalue weighted by atomic mass is 10.2. The van der Waals surface area contributed by atoms with Crippen molar-refractivity contribution in [2.45, 2.75) is 11.8 Å². The van der Waals surface area contributed by atoms with Gasteiger partial charge in [-0.25, -0.2) is 13.2 Å². The number of aromatic nitrogens is 2. The minimum absolute atomic E-state index is 0.161. The van der Waals surface area contributed by atoms with Gasteiger partial charge >= 0.3 is 5.69 Å². The Morgan fingerprint density at radius 1 is 1.11 bits per heavy atom. The summed E-state index contributed by atoms with van der Waals surface area (Å²) in [4.78, 5) is 11.7. The number of imidazole rings is 1. The molecule has 102 valence electrons. The van der Waals surface area contributed by atoms with Crippen molar-refractivity contribution in [3.8, 4) is 0 Å². The monoisotopic (exact) mass is 281 g/mol. The van der Waals surface area contributed by atoms with Gasteiger partial charge in [-0.15, -0.1) is 0 Å². The Morgan fingerprint density at radius 3 is 2.16 bits per heavy atom. The molecule has 1 heterocycles. The van der Waals surface area contributed by atoms with E-state index in [1.54, 1.807) is 19.2 Å². The number of hydrogen-bond donors (Lipinski definition) is 1. The molecule has 6 nitrogen and oxygen atoms in total. The van der Waals surface area contributed by atoms with Gasteiger partial charge in [0.15, 0.2) is 0 Å². The maximum absolute atomic E-state index is 12.1. The third-order valence-corrected chi connectivity index (χ3v) is 4.21. The SMILES string of the molecule is Cc1ccc(S(=O)(=O)Nc2cn(C)c(=O)n2C)cc1. The van der Waals surface area contributed by atoms with Crippen LogP contribution in [0, 0.1) is 6.92 Å². The van der Waals surface area contributed by atoms with E-state index in [0.717, 1.165) is 5.56 Å². The molecule has 0 bridgehead atoms. The molecular formula is C12H15N3O3S. The summed E-state index contributed by atoms with van der Waals surface area (Å²) in [7, 11) is -0.608. The molecule has 1 N–H and O–H groups in total. The molecule has 0 amide bonds. The van der Waals surface area contributed by atoms with Crippen molar-refractivity contribution in [1.82, 2.24) is 9.13 Å². The van der Waals surface area contributed by atoms with Gasteiger partial charge in [0.2, 0.25) is 0 Å². The van der Waals surface area contributed by atoms with E-state index < -0.39 is 10.0 Å². The Kier molecular flexibility index (Phi) is 3.23. The van der Waals surface area contributed by atoms with Gasteiger partial charge < -0.3 is 4.57 Å². The second kappa shape index (κ2) is 4.58. The molecule has 19 heavy (non-hydrogen) atoms. The molecule has 1 aromatic carbocycles. The van der Waals surface area contributed by atoms with E-state index in [0.29, 0.717) is 0 Å². The van der Waals surface area contributed by atoms with Crippen LogP contribution in [0.25, 0.3) is 0 Å². The summed E-state index contributed by atoms with van der Waals surface area (Å²) in [6, 6.07) is 6.49. The maximum atomic E-state index is 12.1. The van der Waals surface area contributed by atoms with Gasteiger partial charge in [0.05, 0.1) is 11.1 Å². The third kappa shape index (κ3) is 2.55. The standard InChI is InChI=1S/C12H15N3O3S/c1-9-4-6-10(7-5-9)19(17,18)13-11-8-14(2)12(16)15(11)3/h4-8,13H,1-3H3. The van der Waals surface area contributed by atoms with Crippen LogP contribution in [0.2, 0.25) is 0 Å². The highest BCUT2D eigenvalue weighted by Gasteiger charge is 2.16. The van der Waals surface area contributed by atoms with Crippen LogP contribution in [-0.2, 0) is 24.1 Å². The van der Waals surface area contributed by atoms with Crippen LogP contribution in [0.3, 0.4) is 0 Å². The summed E-state index contributed by atoms with van der Waals surface area (Å²) < 4.78 is 29.3. The Hall–Kier alpha value is -2.02. The second-order valence-electron chi connectivity index (χ2n) is 4.39. The molecule has 0 fully saturated rings. The number of nitrogens with one attached hydrogen (secondary N) is 1. The van der Waals surface area contributed by atoms with Crippen LogP contribution in [-0.4, -0.2) is 17.6 Å². The fourth-order valence-corrected chi connectivity index (χ4v) is 2.75. The van der Waals surface area contributed by atoms with E-state index in [1.807, 2.05) is 6.92 Å². The summed E-state index contributed by atoms with van der Waals surface area (Å²) in [5.41, 5.74) is 0.688. The Bertz CT molecular complexity index is 755. The van der Waals surface area contributed by atoms with Crippen molar-refractivity contribution in [2.24, 2.45) is 14.1 Å². The van der Waals surface area contributed by atoms with Crippen molar-refractivity contribution >= 4 is 15.8 Å². The molecule has 0 aliphatic heterocycles. The van der Waals surface area contributed by atoms with Gasteiger partial charge in [-0.2, -0.15) is 0 Å². The first-order valence-corrected chi connectivity index (χ1v) is 7.11. The lowest BCUT2D eigenvalue weighted by Gasteiger charge is -2.07. The first kappa shape index (κ1) is 13.4. The minimum Gasteiger partial charge on any atom is -0.300 e. The lowest BCUT2D eigenvalue weighted by molar-refractivity contribution is 0.600. The molecule has 7 heteroatoms. The maximum Gasteiger partial charge on any atom is 0.329 e. The summed E-state index contributed by atoms with van der Waals surface area (Å²) in [6.45, 7) is 1.88. The summed E-state index contributed by atoms with van der Waals surface area (Å²) in [5, 5.41) is 0. The van der Waals surface area contributed by atoms with E-state index in [-0.39, 0.29) is 16.4 Å². The van der Waals surface area contributed by atoms with Crippen molar-refractivity contribution in [2.75, 3.05) is 4.72 Å². The summed E-state index contributed by atoms with van der Waals surface area (Å²) in [5.74, 6) is 0.230. The Morgan fingerprint density at radius 2 is 1.68 bits per heavy atom. The number of rotatable bonds is 3. The van der Waals surface area contributed by atoms with Crippen LogP contribution in [0.15, 0.2) is 40.2 Å². The molecule has 0 saturated heterocycles. The van der Waals surface area contributed by atoms with Crippen LogP contribution < -0.4 is 10.4 Å². The highest BCUT2D eigenvalue weighted by atomic mass is 32.2. The number of nitrogens with zero attached hydrogens (tertiary/aromatic N) is 2. The number of sulfonamides is 1. The Balaban J connectivity index is 2.39. The fraction of sp³-hybridized carbons (Fsp3) is 0.250. The van der Waals surface area contributed by atoms with E-state index in [2.05, 4.69) is 4.72 Å². The first-order chi connectivity index (χ1) is 8.81. The van der Waals surface area contributed by atoms with E-state index in [1.165, 1.54) is 34.5 Å². The molecule has 1 aromatic heterocycles. The molecule has 0 radical (unpaired) electrons. The Labute approximate surface area is 111 Å².